The molecule has 1 saturated heterocycles. The summed E-state index contributed by atoms with van der Waals surface area (Å²) >= 11 is 11.3. The highest BCUT2D eigenvalue weighted by Crippen LogP contribution is 2.43. The lowest BCUT2D eigenvalue weighted by molar-refractivity contribution is 0.0243. The zero-order valence-corrected chi connectivity index (χ0v) is 11.2. The predicted molar refractivity (Wildman–Crippen MR) is 71.4 cm³/mol. The Kier molecular flexibility index (Phi) is 2.28. The lowest BCUT2D eigenvalue weighted by Crippen LogP contribution is -2.62. The zero-order chi connectivity index (χ0) is 12.2. The predicted octanol–water partition coefficient (Wildman–Crippen LogP) is 2.67. The van der Waals surface area contributed by atoms with Crippen LogP contribution in [0.1, 0.15) is 30.5 Å². The van der Waals surface area contributed by atoms with Gasteiger partial charge in [-0.25, -0.2) is 0 Å². The fourth-order valence-electron chi connectivity index (χ4n) is 2.56. The van der Waals surface area contributed by atoms with E-state index in [2.05, 4.69) is 10.6 Å². The number of aryl methyl sites for hydroxylation is 1. The summed E-state index contributed by atoms with van der Waals surface area (Å²) in [5.74, 6) is 0.913. The third-order valence-corrected chi connectivity index (χ3v) is 3.69. The van der Waals surface area contributed by atoms with Crippen molar-refractivity contribution >= 4 is 28.9 Å². The van der Waals surface area contributed by atoms with Gasteiger partial charge in [0.15, 0.2) is 10.8 Å². The zero-order valence-electron chi connectivity index (χ0n) is 9.63. The second-order valence-corrected chi connectivity index (χ2v) is 5.67. The Bertz CT molecular complexity index is 519. The van der Waals surface area contributed by atoms with Crippen molar-refractivity contribution in [3.8, 4) is 5.75 Å². The molecule has 3 nitrogen and oxygen atoms in total. The molecule has 2 bridgehead atoms. The van der Waals surface area contributed by atoms with Crippen molar-refractivity contribution in [3.05, 3.63) is 28.3 Å². The SMILES string of the molecule is Cc1cc(Cl)cc2c1OC1(C)CC2NC(=S)N1. The summed E-state index contributed by atoms with van der Waals surface area (Å²) in [5.41, 5.74) is 1.73. The summed E-state index contributed by atoms with van der Waals surface area (Å²) in [6.45, 7) is 4.03. The summed E-state index contributed by atoms with van der Waals surface area (Å²) in [7, 11) is 0. The molecule has 0 aromatic heterocycles. The number of rotatable bonds is 0. The smallest absolute Gasteiger partial charge is 0.181 e. The van der Waals surface area contributed by atoms with Crippen LogP contribution < -0.4 is 15.4 Å². The molecule has 0 spiro atoms. The summed E-state index contributed by atoms with van der Waals surface area (Å²) in [6.07, 6.45) is 0.833. The highest BCUT2D eigenvalue weighted by molar-refractivity contribution is 7.80. The van der Waals surface area contributed by atoms with Gasteiger partial charge in [0, 0.05) is 17.0 Å². The average molecular weight is 269 g/mol. The van der Waals surface area contributed by atoms with Crippen molar-refractivity contribution in [2.45, 2.75) is 32.0 Å². The molecule has 2 atom stereocenters. The number of ether oxygens (including phenoxy) is 1. The number of hydrogen-bond acceptors (Lipinski definition) is 2. The molecule has 2 unspecified atom stereocenters. The van der Waals surface area contributed by atoms with E-state index in [-0.39, 0.29) is 6.04 Å². The minimum Gasteiger partial charge on any atom is -0.468 e. The first-order valence-electron chi connectivity index (χ1n) is 5.55. The van der Waals surface area contributed by atoms with Crippen LogP contribution in [0, 0.1) is 6.92 Å². The number of fused-ring (bicyclic) bond motifs is 4. The number of benzene rings is 1. The van der Waals surface area contributed by atoms with Gasteiger partial charge in [0.1, 0.15) is 5.75 Å². The molecule has 17 heavy (non-hydrogen) atoms. The van der Waals surface area contributed by atoms with Gasteiger partial charge in [-0.1, -0.05) is 11.6 Å². The summed E-state index contributed by atoms with van der Waals surface area (Å²) < 4.78 is 6.05. The maximum atomic E-state index is 6.10. The molecule has 1 aromatic rings. The van der Waals surface area contributed by atoms with E-state index < -0.39 is 5.72 Å². The average Bonchev–Trinajstić information content (AvgIpc) is 2.19. The Labute approximate surface area is 110 Å². The fourth-order valence-corrected chi connectivity index (χ4v) is 3.20. The Morgan fingerprint density at radius 3 is 3.06 bits per heavy atom. The normalized spacial score (nSPS) is 29.8. The lowest BCUT2D eigenvalue weighted by Gasteiger charge is -2.46. The van der Waals surface area contributed by atoms with Crippen molar-refractivity contribution < 1.29 is 4.74 Å². The monoisotopic (exact) mass is 268 g/mol. The number of thiocarbonyl (C=S) groups is 1. The molecule has 1 aromatic carbocycles. The molecule has 0 radical (unpaired) electrons. The first-order valence-corrected chi connectivity index (χ1v) is 6.33. The van der Waals surface area contributed by atoms with E-state index in [9.17, 15) is 0 Å². The maximum Gasteiger partial charge on any atom is 0.181 e. The van der Waals surface area contributed by atoms with E-state index in [1.165, 1.54) is 0 Å². The first kappa shape index (κ1) is 11.1. The van der Waals surface area contributed by atoms with Crippen molar-refractivity contribution in [2.24, 2.45) is 0 Å². The summed E-state index contributed by atoms with van der Waals surface area (Å²) in [6, 6.07) is 4.05. The summed E-state index contributed by atoms with van der Waals surface area (Å²) in [4.78, 5) is 0. The Morgan fingerprint density at radius 1 is 1.53 bits per heavy atom. The molecule has 0 aliphatic carbocycles. The van der Waals surface area contributed by atoms with Gasteiger partial charge < -0.3 is 15.4 Å². The molecule has 2 N–H and O–H groups in total. The Balaban J connectivity index is 2.16. The van der Waals surface area contributed by atoms with Gasteiger partial charge in [-0.2, -0.15) is 0 Å². The van der Waals surface area contributed by atoms with Gasteiger partial charge in [0.2, 0.25) is 0 Å². The molecule has 1 fully saturated rings. The largest absolute Gasteiger partial charge is 0.468 e. The van der Waals surface area contributed by atoms with Crippen LogP contribution in [0.3, 0.4) is 0 Å². The Morgan fingerprint density at radius 2 is 2.29 bits per heavy atom. The number of hydrogen-bond donors (Lipinski definition) is 2. The molecule has 2 heterocycles. The second-order valence-electron chi connectivity index (χ2n) is 4.83. The molecular formula is C12H13ClN2OS. The van der Waals surface area contributed by atoms with Crippen LogP contribution >= 0.6 is 23.8 Å². The first-order chi connectivity index (χ1) is 7.97. The van der Waals surface area contributed by atoms with Gasteiger partial charge >= 0.3 is 0 Å². The van der Waals surface area contributed by atoms with Gasteiger partial charge in [-0.05, 0) is 43.8 Å². The fraction of sp³-hybridized carbons (Fsp3) is 0.417. The molecule has 0 saturated carbocycles. The molecule has 2 aliphatic rings. The number of halogens is 1. The molecule has 3 rings (SSSR count). The highest BCUT2D eigenvalue weighted by Gasteiger charge is 2.42. The molecule has 0 amide bonds. The molecule has 2 aliphatic heterocycles. The Hall–Kier alpha value is -1.00. The van der Waals surface area contributed by atoms with Crippen LogP contribution in [0.25, 0.3) is 0 Å². The minimum atomic E-state index is -0.418. The standard InChI is InChI=1S/C12H13ClN2OS/c1-6-3-7(13)4-8-9-5-12(2,16-10(6)8)15-11(17)14-9/h3-4,9H,5H2,1-2H3,(H2,14,15,17). The van der Waals surface area contributed by atoms with Crippen molar-refractivity contribution in [1.29, 1.82) is 0 Å². The van der Waals surface area contributed by atoms with Gasteiger partial charge in [0.05, 0.1) is 6.04 Å². The van der Waals surface area contributed by atoms with Crippen molar-refractivity contribution in [3.63, 3.8) is 0 Å². The van der Waals surface area contributed by atoms with Gasteiger partial charge in [0.25, 0.3) is 0 Å². The van der Waals surface area contributed by atoms with Crippen LogP contribution in [0.2, 0.25) is 5.02 Å². The van der Waals surface area contributed by atoms with Crippen LogP contribution in [-0.2, 0) is 0 Å². The third kappa shape index (κ3) is 1.76. The molecule has 90 valence electrons. The van der Waals surface area contributed by atoms with E-state index in [0.29, 0.717) is 5.11 Å². The van der Waals surface area contributed by atoms with Crippen LogP contribution in [0.5, 0.6) is 5.75 Å². The minimum absolute atomic E-state index is 0.176. The van der Waals surface area contributed by atoms with Crippen molar-refractivity contribution in [1.82, 2.24) is 10.6 Å². The third-order valence-electron chi connectivity index (χ3n) is 3.25. The van der Waals surface area contributed by atoms with Gasteiger partial charge in [-0.15, -0.1) is 0 Å². The quantitative estimate of drug-likeness (QED) is 0.709. The summed E-state index contributed by atoms with van der Waals surface area (Å²) in [5, 5.41) is 7.80. The highest BCUT2D eigenvalue weighted by atomic mass is 35.5. The lowest BCUT2D eigenvalue weighted by atomic mass is 9.90. The van der Waals surface area contributed by atoms with E-state index in [0.717, 1.165) is 28.3 Å². The number of nitrogens with one attached hydrogen (secondary N) is 2. The van der Waals surface area contributed by atoms with E-state index >= 15 is 0 Å². The van der Waals surface area contributed by atoms with E-state index in [1.54, 1.807) is 0 Å². The molecule has 5 heteroatoms. The maximum absolute atomic E-state index is 6.10. The second kappa shape index (κ2) is 3.50. The van der Waals surface area contributed by atoms with E-state index in [1.807, 2.05) is 26.0 Å². The van der Waals surface area contributed by atoms with Crippen LogP contribution in [-0.4, -0.2) is 10.8 Å². The topological polar surface area (TPSA) is 33.3 Å². The van der Waals surface area contributed by atoms with Crippen LogP contribution in [0.15, 0.2) is 12.1 Å². The van der Waals surface area contributed by atoms with Crippen LogP contribution in [0.4, 0.5) is 0 Å². The molecular weight excluding hydrogens is 256 g/mol. The van der Waals surface area contributed by atoms with E-state index in [4.69, 9.17) is 28.6 Å². The van der Waals surface area contributed by atoms with Crippen molar-refractivity contribution in [2.75, 3.05) is 0 Å². The van der Waals surface area contributed by atoms with Gasteiger partial charge in [-0.3, -0.25) is 0 Å².